The standard InChI is InChI=1S/C11H19N5/c1-16(11-13-7-8-14-15-11)9-5-10-4-2-3-6-12-10/h7-8,10,12H,2-6,9H2,1H3. The van der Waals surface area contributed by atoms with Crippen molar-refractivity contribution in [3.63, 3.8) is 0 Å². The summed E-state index contributed by atoms with van der Waals surface area (Å²) in [6, 6.07) is 0.660. The van der Waals surface area contributed by atoms with E-state index < -0.39 is 0 Å². The van der Waals surface area contributed by atoms with Gasteiger partial charge in [0, 0.05) is 19.6 Å². The molecule has 5 nitrogen and oxygen atoms in total. The van der Waals surface area contributed by atoms with Crippen LogP contribution < -0.4 is 10.2 Å². The highest BCUT2D eigenvalue weighted by Crippen LogP contribution is 2.11. The smallest absolute Gasteiger partial charge is 0.245 e. The summed E-state index contributed by atoms with van der Waals surface area (Å²) in [5.74, 6) is 0.707. The first-order chi connectivity index (χ1) is 7.86. The number of aromatic nitrogens is 3. The monoisotopic (exact) mass is 221 g/mol. The van der Waals surface area contributed by atoms with Crippen molar-refractivity contribution in [2.45, 2.75) is 31.7 Å². The largest absolute Gasteiger partial charge is 0.343 e. The molecule has 5 heteroatoms. The number of hydrogen-bond donors (Lipinski definition) is 1. The van der Waals surface area contributed by atoms with Gasteiger partial charge in [0.1, 0.15) is 0 Å². The van der Waals surface area contributed by atoms with Gasteiger partial charge in [0.05, 0.1) is 12.4 Å². The molecule has 0 aliphatic carbocycles. The van der Waals surface area contributed by atoms with E-state index in [1.807, 2.05) is 7.05 Å². The molecule has 1 aliphatic rings. The molecule has 0 bridgehead atoms. The zero-order valence-electron chi connectivity index (χ0n) is 9.76. The molecule has 1 saturated heterocycles. The summed E-state index contributed by atoms with van der Waals surface area (Å²) in [5, 5.41) is 11.4. The second-order valence-corrected chi connectivity index (χ2v) is 4.30. The molecule has 0 saturated carbocycles. The Hall–Kier alpha value is -1.23. The third-order valence-corrected chi connectivity index (χ3v) is 3.04. The van der Waals surface area contributed by atoms with Crippen LogP contribution >= 0.6 is 0 Å². The van der Waals surface area contributed by atoms with Crippen LogP contribution in [-0.4, -0.2) is 41.4 Å². The lowest BCUT2D eigenvalue weighted by molar-refractivity contribution is 0.384. The van der Waals surface area contributed by atoms with Gasteiger partial charge in [0.25, 0.3) is 0 Å². The van der Waals surface area contributed by atoms with Gasteiger partial charge >= 0.3 is 0 Å². The minimum Gasteiger partial charge on any atom is -0.343 e. The van der Waals surface area contributed by atoms with Crippen molar-refractivity contribution in [2.24, 2.45) is 0 Å². The molecule has 0 spiro atoms. The summed E-state index contributed by atoms with van der Waals surface area (Å²) < 4.78 is 0. The Balaban J connectivity index is 1.77. The van der Waals surface area contributed by atoms with Crippen LogP contribution in [0.25, 0.3) is 0 Å². The van der Waals surface area contributed by atoms with Crippen molar-refractivity contribution in [2.75, 3.05) is 25.0 Å². The zero-order chi connectivity index (χ0) is 11.2. The van der Waals surface area contributed by atoms with E-state index in [4.69, 9.17) is 0 Å². The van der Waals surface area contributed by atoms with E-state index in [0.29, 0.717) is 12.0 Å². The molecule has 2 heterocycles. The fraction of sp³-hybridized carbons (Fsp3) is 0.727. The van der Waals surface area contributed by atoms with Crippen molar-refractivity contribution >= 4 is 5.95 Å². The van der Waals surface area contributed by atoms with Crippen LogP contribution in [-0.2, 0) is 0 Å². The van der Waals surface area contributed by atoms with E-state index in [1.54, 1.807) is 12.4 Å². The van der Waals surface area contributed by atoms with E-state index in [1.165, 1.54) is 19.3 Å². The second kappa shape index (κ2) is 5.75. The topological polar surface area (TPSA) is 53.9 Å². The number of piperidine rings is 1. The molecule has 0 radical (unpaired) electrons. The van der Waals surface area contributed by atoms with E-state index in [2.05, 4.69) is 25.4 Å². The molecule has 1 unspecified atom stereocenters. The Morgan fingerprint density at radius 2 is 2.38 bits per heavy atom. The molecule has 1 aromatic rings. The van der Waals surface area contributed by atoms with Crippen molar-refractivity contribution in [1.82, 2.24) is 20.5 Å². The first kappa shape index (κ1) is 11.3. The predicted molar refractivity (Wildman–Crippen MR) is 63.4 cm³/mol. The van der Waals surface area contributed by atoms with E-state index >= 15 is 0 Å². The molecule has 16 heavy (non-hydrogen) atoms. The third kappa shape index (κ3) is 3.13. The Kier molecular flexibility index (Phi) is 4.04. The lowest BCUT2D eigenvalue weighted by Crippen LogP contribution is -2.37. The average Bonchev–Trinajstić information content (AvgIpc) is 2.38. The van der Waals surface area contributed by atoms with E-state index in [-0.39, 0.29) is 0 Å². The first-order valence-corrected chi connectivity index (χ1v) is 5.94. The number of nitrogens with zero attached hydrogens (tertiary/aromatic N) is 4. The predicted octanol–water partition coefficient (Wildman–Crippen LogP) is 0.840. The van der Waals surface area contributed by atoms with Crippen LogP contribution in [0.5, 0.6) is 0 Å². The highest BCUT2D eigenvalue weighted by atomic mass is 15.3. The quantitative estimate of drug-likeness (QED) is 0.816. The van der Waals surface area contributed by atoms with Crippen LogP contribution in [0.2, 0.25) is 0 Å². The Morgan fingerprint density at radius 3 is 3.06 bits per heavy atom. The molecule has 0 aromatic carbocycles. The lowest BCUT2D eigenvalue weighted by Gasteiger charge is -2.25. The van der Waals surface area contributed by atoms with Gasteiger partial charge in [-0.25, -0.2) is 4.98 Å². The minimum atomic E-state index is 0.660. The van der Waals surface area contributed by atoms with Crippen LogP contribution in [0.3, 0.4) is 0 Å². The van der Waals surface area contributed by atoms with Crippen molar-refractivity contribution in [1.29, 1.82) is 0 Å². The highest BCUT2D eigenvalue weighted by Gasteiger charge is 2.13. The average molecular weight is 221 g/mol. The van der Waals surface area contributed by atoms with Crippen LogP contribution in [0.15, 0.2) is 12.4 Å². The van der Waals surface area contributed by atoms with Gasteiger partial charge in [-0.15, -0.1) is 5.10 Å². The Labute approximate surface area is 96.3 Å². The van der Waals surface area contributed by atoms with Gasteiger partial charge in [0.15, 0.2) is 0 Å². The minimum absolute atomic E-state index is 0.660. The number of hydrogen-bond acceptors (Lipinski definition) is 5. The van der Waals surface area contributed by atoms with Crippen LogP contribution in [0, 0.1) is 0 Å². The summed E-state index contributed by atoms with van der Waals surface area (Å²) in [7, 11) is 2.01. The van der Waals surface area contributed by atoms with Crippen LogP contribution in [0.1, 0.15) is 25.7 Å². The van der Waals surface area contributed by atoms with E-state index in [0.717, 1.165) is 19.5 Å². The molecule has 1 aromatic heterocycles. The molecule has 2 rings (SSSR count). The maximum atomic E-state index is 4.17. The molecular weight excluding hydrogens is 202 g/mol. The summed E-state index contributed by atoms with van der Waals surface area (Å²) in [5.41, 5.74) is 0. The normalized spacial score (nSPS) is 20.7. The molecule has 0 amide bonds. The maximum Gasteiger partial charge on any atom is 0.245 e. The fourth-order valence-corrected chi connectivity index (χ4v) is 2.04. The van der Waals surface area contributed by atoms with Gasteiger partial charge in [-0.05, 0) is 25.8 Å². The van der Waals surface area contributed by atoms with Crippen molar-refractivity contribution in [3.05, 3.63) is 12.4 Å². The van der Waals surface area contributed by atoms with Gasteiger partial charge in [-0.1, -0.05) is 6.42 Å². The summed E-state index contributed by atoms with van der Waals surface area (Å²) in [6.45, 7) is 2.14. The Morgan fingerprint density at radius 1 is 1.44 bits per heavy atom. The summed E-state index contributed by atoms with van der Waals surface area (Å²) in [6.07, 6.45) is 8.39. The van der Waals surface area contributed by atoms with Gasteiger partial charge in [-0.3, -0.25) is 0 Å². The zero-order valence-corrected chi connectivity index (χ0v) is 9.76. The molecule has 1 N–H and O–H groups in total. The van der Waals surface area contributed by atoms with Gasteiger partial charge < -0.3 is 10.2 Å². The van der Waals surface area contributed by atoms with E-state index in [9.17, 15) is 0 Å². The molecule has 1 aliphatic heterocycles. The molecule has 88 valence electrons. The molecular formula is C11H19N5. The SMILES string of the molecule is CN(CCC1CCCCN1)c1nccnn1. The number of anilines is 1. The lowest BCUT2D eigenvalue weighted by atomic mass is 10.0. The molecule has 1 fully saturated rings. The fourth-order valence-electron chi connectivity index (χ4n) is 2.04. The third-order valence-electron chi connectivity index (χ3n) is 3.04. The van der Waals surface area contributed by atoms with Gasteiger partial charge in [-0.2, -0.15) is 5.10 Å². The highest BCUT2D eigenvalue weighted by molar-refractivity contribution is 5.24. The van der Waals surface area contributed by atoms with Crippen molar-refractivity contribution in [3.8, 4) is 0 Å². The molecule has 1 atom stereocenters. The second-order valence-electron chi connectivity index (χ2n) is 4.30. The summed E-state index contributed by atoms with van der Waals surface area (Å²) in [4.78, 5) is 6.23. The van der Waals surface area contributed by atoms with Gasteiger partial charge in [0.2, 0.25) is 5.95 Å². The van der Waals surface area contributed by atoms with Crippen molar-refractivity contribution < 1.29 is 0 Å². The summed E-state index contributed by atoms with van der Waals surface area (Å²) >= 11 is 0. The number of rotatable bonds is 4. The maximum absolute atomic E-state index is 4.17. The Bertz CT molecular complexity index is 297. The number of nitrogens with one attached hydrogen (secondary N) is 1. The van der Waals surface area contributed by atoms with Crippen LogP contribution in [0.4, 0.5) is 5.95 Å². The first-order valence-electron chi connectivity index (χ1n) is 5.94.